The highest BCUT2D eigenvalue weighted by Crippen LogP contribution is 2.64. The molecule has 4 atom stereocenters. The van der Waals surface area contributed by atoms with Crippen LogP contribution in [0, 0.1) is 11.8 Å². The highest BCUT2D eigenvalue weighted by Gasteiger charge is 2.64. The zero-order valence-electron chi connectivity index (χ0n) is 15.5. The van der Waals surface area contributed by atoms with Crippen molar-refractivity contribution in [3.63, 3.8) is 0 Å². The second-order valence-corrected chi connectivity index (χ2v) is 8.95. The summed E-state index contributed by atoms with van der Waals surface area (Å²) in [6.07, 6.45) is 6.55. The van der Waals surface area contributed by atoms with Crippen LogP contribution in [-0.2, 0) is 16.6 Å². The number of piperidine rings is 1. The number of rotatable bonds is 3. The molecule has 5 heteroatoms. The van der Waals surface area contributed by atoms with Crippen LogP contribution >= 0.6 is 0 Å². The number of nitrogens with zero attached hydrogens (tertiary/aromatic N) is 1. The molecule has 2 fully saturated rings. The summed E-state index contributed by atoms with van der Waals surface area (Å²) < 4.78 is 26.6. The largest absolute Gasteiger partial charge is 0.478 e. The zero-order valence-corrected chi connectivity index (χ0v) is 15.5. The van der Waals surface area contributed by atoms with Gasteiger partial charge in [-0.15, -0.1) is 0 Å². The van der Waals surface area contributed by atoms with E-state index in [1.165, 1.54) is 31.9 Å². The third-order valence-corrected chi connectivity index (χ3v) is 7.47. The van der Waals surface area contributed by atoms with Crippen molar-refractivity contribution >= 4 is 5.97 Å². The van der Waals surface area contributed by atoms with Crippen molar-refractivity contribution in [2.75, 3.05) is 13.1 Å². The van der Waals surface area contributed by atoms with E-state index >= 15 is 0 Å². The Morgan fingerprint density at radius 1 is 1.41 bits per heavy atom. The van der Waals surface area contributed by atoms with Crippen LogP contribution in [-0.4, -0.2) is 36.1 Å². The number of hydrogen-bond donors (Lipinski definition) is 0. The smallest absolute Gasteiger partial charge is 0.308 e. The van der Waals surface area contributed by atoms with Crippen molar-refractivity contribution in [2.45, 2.75) is 56.6 Å². The quantitative estimate of drug-likeness (QED) is 0.604. The monoisotopic (exact) mass is 369 g/mol. The molecule has 0 radical (unpaired) electrons. The summed E-state index contributed by atoms with van der Waals surface area (Å²) in [7, 11) is 0. The average Bonchev–Trinajstić information content (AvgIpc) is 3.38. The van der Waals surface area contributed by atoms with Crippen molar-refractivity contribution in [3.05, 3.63) is 35.2 Å². The first-order valence-corrected chi connectivity index (χ1v) is 10.2. The molecule has 3 aliphatic carbocycles. The predicted molar refractivity (Wildman–Crippen MR) is 97.5 cm³/mol. The standard InChI is InChI=1S/C22H24FNO3/c1-12(25)26-18-7-4-14-10-17-15-5-6-16(23)21-22(15,19(14)20(18)27-21)8-9-24(17)11-13-2-3-13/h4,6-7,13,15,17,21H,2-3,5,8-11H2,1H3/t15-,17+,21?,22-/m0/s1. The van der Waals surface area contributed by atoms with E-state index in [4.69, 9.17) is 9.47 Å². The van der Waals surface area contributed by atoms with Crippen molar-refractivity contribution in [1.29, 1.82) is 0 Å². The van der Waals surface area contributed by atoms with Gasteiger partial charge in [-0.3, -0.25) is 9.69 Å². The Labute approximate surface area is 158 Å². The number of ether oxygens (including phenoxy) is 2. The van der Waals surface area contributed by atoms with Gasteiger partial charge in [0.1, 0.15) is 5.83 Å². The third kappa shape index (κ3) is 2.09. The van der Waals surface area contributed by atoms with Crippen molar-refractivity contribution in [2.24, 2.45) is 11.8 Å². The molecule has 0 amide bonds. The van der Waals surface area contributed by atoms with Gasteiger partial charge in [-0.25, -0.2) is 4.39 Å². The molecule has 1 spiro atoms. The third-order valence-electron chi connectivity index (χ3n) is 7.47. The molecule has 1 aromatic rings. The molecule has 0 N–H and O–H groups in total. The lowest BCUT2D eigenvalue weighted by molar-refractivity contribution is -0.132. The van der Waals surface area contributed by atoms with E-state index in [1.807, 2.05) is 6.07 Å². The number of likely N-dealkylation sites (tertiary alicyclic amines) is 1. The van der Waals surface area contributed by atoms with Gasteiger partial charge in [-0.1, -0.05) is 6.07 Å². The summed E-state index contributed by atoms with van der Waals surface area (Å²) in [4.78, 5) is 14.2. The van der Waals surface area contributed by atoms with E-state index in [0.29, 0.717) is 23.5 Å². The molecule has 6 rings (SSSR count). The minimum atomic E-state index is -0.562. The minimum absolute atomic E-state index is 0.154. The fraction of sp³-hybridized carbons (Fsp3) is 0.591. The van der Waals surface area contributed by atoms with Crippen LogP contribution in [0.4, 0.5) is 4.39 Å². The maximum absolute atomic E-state index is 14.9. The van der Waals surface area contributed by atoms with E-state index in [9.17, 15) is 9.18 Å². The number of carbonyl (C=O) groups is 1. The van der Waals surface area contributed by atoms with Crippen LogP contribution in [0.3, 0.4) is 0 Å². The van der Waals surface area contributed by atoms with Crippen LogP contribution in [0.5, 0.6) is 11.5 Å². The van der Waals surface area contributed by atoms with Crippen molar-refractivity contribution < 1.29 is 18.7 Å². The lowest BCUT2D eigenvalue weighted by atomic mass is 9.53. The Morgan fingerprint density at radius 3 is 3.04 bits per heavy atom. The van der Waals surface area contributed by atoms with Crippen LogP contribution < -0.4 is 9.47 Å². The van der Waals surface area contributed by atoms with Gasteiger partial charge in [-0.2, -0.15) is 0 Å². The van der Waals surface area contributed by atoms with Gasteiger partial charge in [0.25, 0.3) is 0 Å². The Balaban J connectivity index is 1.51. The Bertz CT molecular complexity index is 877. The molecule has 5 aliphatic rings. The summed E-state index contributed by atoms with van der Waals surface area (Å²) in [6.45, 7) is 3.58. The number of esters is 1. The van der Waals surface area contributed by atoms with E-state index in [2.05, 4.69) is 11.0 Å². The molecular weight excluding hydrogens is 345 g/mol. The molecule has 0 aromatic heterocycles. The molecule has 1 saturated carbocycles. The van der Waals surface area contributed by atoms with E-state index < -0.39 is 6.10 Å². The highest BCUT2D eigenvalue weighted by molar-refractivity contribution is 5.72. The molecule has 1 unspecified atom stereocenters. The number of allylic oxidation sites excluding steroid dienone is 1. The molecule has 4 nitrogen and oxygen atoms in total. The first-order valence-electron chi connectivity index (χ1n) is 10.2. The van der Waals surface area contributed by atoms with Crippen LogP contribution in [0.1, 0.15) is 43.7 Å². The first-order chi connectivity index (χ1) is 13.1. The molecule has 27 heavy (non-hydrogen) atoms. The first kappa shape index (κ1) is 16.1. The van der Waals surface area contributed by atoms with E-state index in [0.717, 1.165) is 37.3 Å². The highest BCUT2D eigenvalue weighted by atomic mass is 19.1. The van der Waals surface area contributed by atoms with Gasteiger partial charge in [0.15, 0.2) is 17.6 Å². The predicted octanol–water partition coefficient (Wildman–Crippen LogP) is 3.52. The Kier molecular flexibility index (Phi) is 3.19. The fourth-order valence-electron chi connectivity index (χ4n) is 6.28. The second kappa shape index (κ2) is 5.34. The molecule has 2 aliphatic heterocycles. The lowest BCUT2D eigenvalue weighted by Crippen LogP contribution is -2.64. The van der Waals surface area contributed by atoms with Gasteiger partial charge in [-0.05, 0) is 68.2 Å². The SMILES string of the molecule is CC(=O)Oc1ccc2c3c1OC1C(F)=CC[C@H]4[C@@H](C2)N(CC2CC2)CC[C@]314. The van der Waals surface area contributed by atoms with Gasteiger partial charge >= 0.3 is 5.97 Å². The number of benzene rings is 1. The summed E-state index contributed by atoms with van der Waals surface area (Å²) in [5, 5.41) is 0. The number of carbonyl (C=O) groups excluding carboxylic acids is 1. The van der Waals surface area contributed by atoms with Crippen LogP contribution in [0.2, 0.25) is 0 Å². The van der Waals surface area contributed by atoms with Crippen molar-refractivity contribution in [1.82, 2.24) is 4.90 Å². The molecule has 2 heterocycles. The molecular formula is C22H24FNO3. The second-order valence-electron chi connectivity index (χ2n) is 8.95. The number of halogens is 1. The summed E-state index contributed by atoms with van der Waals surface area (Å²) in [6, 6.07) is 4.35. The van der Waals surface area contributed by atoms with Gasteiger partial charge in [0, 0.05) is 30.5 Å². The normalized spacial score (nSPS) is 35.9. The zero-order chi connectivity index (χ0) is 18.3. The van der Waals surface area contributed by atoms with Crippen LogP contribution in [0.15, 0.2) is 24.0 Å². The van der Waals surface area contributed by atoms with E-state index in [1.54, 1.807) is 6.08 Å². The average molecular weight is 369 g/mol. The van der Waals surface area contributed by atoms with Gasteiger partial charge < -0.3 is 9.47 Å². The molecule has 142 valence electrons. The topological polar surface area (TPSA) is 38.8 Å². The van der Waals surface area contributed by atoms with Crippen LogP contribution in [0.25, 0.3) is 0 Å². The molecule has 1 aromatic carbocycles. The van der Waals surface area contributed by atoms with Gasteiger partial charge in [0.2, 0.25) is 0 Å². The summed E-state index contributed by atoms with van der Waals surface area (Å²) in [5.74, 6) is 1.75. The van der Waals surface area contributed by atoms with Gasteiger partial charge in [0.05, 0.1) is 0 Å². The fourth-order valence-corrected chi connectivity index (χ4v) is 6.28. The Hall–Kier alpha value is -1.88. The number of hydrogen-bond acceptors (Lipinski definition) is 4. The molecule has 1 saturated heterocycles. The molecule has 2 bridgehead atoms. The van der Waals surface area contributed by atoms with Crippen molar-refractivity contribution in [3.8, 4) is 11.5 Å². The Morgan fingerprint density at radius 2 is 2.26 bits per heavy atom. The maximum atomic E-state index is 14.9. The summed E-state index contributed by atoms with van der Waals surface area (Å²) in [5.41, 5.74) is 2.07. The van der Waals surface area contributed by atoms with E-state index in [-0.39, 0.29) is 17.2 Å². The minimum Gasteiger partial charge on any atom is -0.478 e. The maximum Gasteiger partial charge on any atom is 0.308 e. The lowest BCUT2D eigenvalue weighted by Gasteiger charge is -2.57. The summed E-state index contributed by atoms with van der Waals surface area (Å²) >= 11 is 0.